The van der Waals surface area contributed by atoms with Crippen LogP contribution >= 0.6 is 0 Å². The first kappa shape index (κ1) is 30.4. The van der Waals surface area contributed by atoms with E-state index in [1.807, 2.05) is 0 Å². The zero-order valence-corrected chi connectivity index (χ0v) is 26.9. The number of nitrogens with zero attached hydrogens (tertiary/aromatic N) is 2. The molecule has 1 heterocycles. The van der Waals surface area contributed by atoms with Gasteiger partial charge in [0.25, 0.3) is 0 Å². The molecule has 228 valence electrons. The summed E-state index contributed by atoms with van der Waals surface area (Å²) >= 11 is 0. The molecule has 40 heavy (non-hydrogen) atoms. The molecule has 0 radical (unpaired) electrons. The van der Waals surface area contributed by atoms with Gasteiger partial charge in [0.2, 0.25) is 0 Å². The fourth-order valence-corrected chi connectivity index (χ4v) is 10.3. The standard InChI is InChI=1S/C35H61N3O2/c1-25(2)8-7-9-26(3)30-12-13-31-29-11-10-27-24-28(14-16-34(27,4)32(29)15-17-35(30,31)5)40-33(39)36-18-19-38-22-20-37(6)21-23-38/h10,25-26,28-32H,7-9,11-24H2,1-6H3,(H,36,39)/t26-,28?,29?,30-,31+,32+,34?,35-/m1/s1. The third kappa shape index (κ3) is 6.31. The maximum atomic E-state index is 12.6. The van der Waals surface area contributed by atoms with E-state index in [2.05, 4.69) is 62.9 Å². The minimum Gasteiger partial charge on any atom is -0.446 e. The van der Waals surface area contributed by atoms with Gasteiger partial charge in [-0.3, -0.25) is 4.90 Å². The van der Waals surface area contributed by atoms with Crippen LogP contribution in [-0.4, -0.2) is 68.3 Å². The highest BCUT2D eigenvalue weighted by atomic mass is 16.6. The van der Waals surface area contributed by atoms with Crippen LogP contribution < -0.4 is 5.32 Å². The van der Waals surface area contributed by atoms with Crippen LogP contribution in [0.4, 0.5) is 4.79 Å². The largest absolute Gasteiger partial charge is 0.446 e. The van der Waals surface area contributed by atoms with E-state index in [0.717, 1.165) is 81.1 Å². The smallest absolute Gasteiger partial charge is 0.407 e. The second kappa shape index (κ2) is 12.7. The van der Waals surface area contributed by atoms with Crippen LogP contribution in [0, 0.1) is 46.3 Å². The van der Waals surface area contributed by atoms with E-state index >= 15 is 0 Å². The second-order valence-corrected chi connectivity index (χ2v) is 15.6. The van der Waals surface area contributed by atoms with Crippen LogP contribution in [0.3, 0.4) is 0 Å². The molecule has 3 unspecified atom stereocenters. The Balaban J connectivity index is 1.13. The van der Waals surface area contributed by atoms with Gasteiger partial charge in [0, 0.05) is 45.7 Å². The van der Waals surface area contributed by atoms with E-state index in [-0.39, 0.29) is 12.2 Å². The summed E-state index contributed by atoms with van der Waals surface area (Å²) < 4.78 is 5.98. The topological polar surface area (TPSA) is 44.8 Å². The molecular formula is C35H61N3O2. The van der Waals surface area contributed by atoms with Crippen molar-refractivity contribution in [2.45, 2.75) is 111 Å². The van der Waals surface area contributed by atoms with Crippen molar-refractivity contribution in [3.63, 3.8) is 0 Å². The number of carbonyl (C=O) groups is 1. The van der Waals surface area contributed by atoms with Gasteiger partial charge < -0.3 is 15.0 Å². The average molecular weight is 556 g/mol. The summed E-state index contributed by atoms with van der Waals surface area (Å²) in [6.07, 6.45) is 16.8. The van der Waals surface area contributed by atoms with Crippen molar-refractivity contribution in [2.24, 2.45) is 46.3 Å². The average Bonchev–Trinajstić information content (AvgIpc) is 3.27. The summed E-state index contributed by atoms with van der Waals surface area (Å²) in [5.41, 5.74) is 2.46. The van der Waals surface area contributed by atoms with E-state index in [1.54, 1.807) is 5.57 Å². The second-order valence-electron chi connectivity index (χ2n) is 15.6. The fraction of sp³-hybridized carbons (Fsp3) is 0.914. The molecule has 5 nitrogen and oxygen atoms in total. The number of ether oxygens (including phenoxy) is 1. The Morgan fingerprint density at radius 1 is 1.02 bits per heavy atom. The van der Waals surface area contributed by atoms with Gasteiger partial charge >= 0.3 is 6.09 Å². The van der Waals surface area contributed by atoms with Crippen molar-refractivity contribution in [1.29, 1.82) is 0 Å². The summed E-state index contributed by atoms with van der Waals surface area (Å²) in [6, 6.07) is 0. The highest BCUT2D eigenvalue weighted by Crippen LogP contribution is 2.67. The Hall–Kier alpha value is -1.07. The number of rotatable bonds is 9. The number of amides is 1. The quantitative estimate of drug-likeness (QED) is 0.302. The lowest BCUT2D eigenvalue weighted by molar-refractivity contribution is -0.0581. The molecule has 1 aliphatic heterocycles. The maximum Gasteiger partial charge on any atom is 0.407 e. The number of piperazine rings is 1. The highest BCUT2D eigenvalue weighted by molar-refractivity contribution is 5.67. The van der Waals surface area contributed by atoms with Crippen LogP contribution in [0.5, 0.6) is 0 Å². The van der Waals surface area contributed by atoms with Crippen molar-refractivity contribution in [3.05, 3.63) is 11.6 Å². The number of carbonyl (C=O) groups excluding carboxylic acids is 1. The Labute approximate surface area is 246 Å². The molecule has 8 atom stereocenters. The molecule has 4 fully saturated rings. The Morgan fingerprint density at radius 2 is 1.80 bits per heavy atom. The van der Waals surface area contributed by atoms with Gasteiger partial charge in [0.15, 0.2) is 0 Å². The van der Waals surface area contributed by atoms with Gasteiger partial charge in [-0.15, -0.1) is 0 Å². The molecule has 1 N–H and O–H groups in total. The molecule has 4 aliphatic carbocycles. The van der Waals surface area contributed by atoms with Crippen LogP contribution in [0.2, 0.25) is 0 Å². The van der Waals surface area contributed by atoms with Crippen LogP contribution in [0.15, 0.2) is 11.6 Å². The summed E-state index contributed by atoms with van der Waals surface area (Å²) in [5.74, 6) is 5.20. The number of likely N-dealkylation sites (N-methyl/N-ethyl adjacent to an activating group) is 1. The molecule has 0 bridgehead atoms. The zero-order chi connectivity index (χ0) is 28.5. The number of hydrogen-bond acceptors (Lipinski definition) is 4. The first-order valence-corrected chi connectivity index (χ1v) is 17.1. The van der Waals surface area contributed by atoms with Crippen molar-refractivity contribution in [1.82, 2.24) is 15.1 Å². The number of alkyl carbamates (subject to hydrolysis) is 1. The van der Waals surface area contributed by atoms with Crippen molar-refractivity contribution in [2.75, 3.05) is 46.3 Å². The first-order chi connectivity index (χ1) is 19.1. The van der Waals surface area contributed by atoms with Gasteiger partial charge in [-0.2, -0.15) is 0 Å². The molecule has 0 aromatic rings. The number of allylic oxidation sites excluding steroid dienone is 1. The summed E-state index contributed by atoms with van der Waals surface area (Å²) in [7, 11) is 2.18. The Kier molecular flexibility index (Phi) is 9.62. The molecule has 1 saturated heterocycles. The highest BCUT2D eigenvalue weighted by Gasteiger charge is 2.59. The number of nitrogens with one attached hydrogen (secondary N) is 1. The van der Waals surface area contributed by atoms with E-state index in [1.165, 1.54) is 57.8 Å². The molecule has 5 rings (SSSR count). The minimum atomic E-state index is -0.218. The van der Waals surface area contributed by atoms with E-state index in [9.17, 15) is 4.79 Å². The molecular weight excluding hydrogens is 494 g/mol. The molecule has 0 spiro atoms. The SMILES string of the molecule is CC(C)CCC[C@@H](C)[C@H]1CC[C@H]2C3CC=C4CC(OC(=O)NCCN5CCN(C)CC5)CCC4(C)[C@H]3CC[C@]12C. The molecule has 1 amide bonds. The molecule has 5 aliphatic rings. The zero-order valence-electron chi connectivity index (χ0n) is 26.9. The van der Waals surface area contributed by atoms with Gasteiger partial charge in [0.1, 0.15) is 6.10 Å². The fourth-order valence-electron chi connectivity index (χ4n) is 10.3. The Bertz CT molecular complexity index is 895. The minimum absolute atomic E-state index is 0.0379. The molecule has 3 saturated carbocycles. The van der Waals surface area contributed by atoms with E-state index in [0.29, 0.717) is 17.4 Å². The van der Waals surface area contributed by atoms with Crippen molar-refractivity contribution >= 4 is 6.09 Å². The summed E-state index contributed by atoms with van der Waals surface area (Å²) in [4.78, 5) is 17.4. The maximum absolute atomic E-state index is 12.6. The summed E-state index contributed by atoms with van der Waals surface area (Å²) in [6.45, 7) is 18.6. The van der Waals surface area contributed by atoms with Crippen LogP contribution in [0.25, 0.3) is 0 Å². The van der Waals surface area contributed by atoms with E-state index in [4.69, 9.17) is 4.74 Å². The normalized spacial score (nSPS) is 39.2. The van der Waals surface area contributed by atoms with Gasteiger partial charge in [-0.1, -0.05) is 65.5 Å². The van der Waals surface area contributed by atoms with Crippen LogP contribution in [-0.2, 0) is 4.74 Å². The van der Waals surface area contributed by atoms with Gasteiger partial charge in [0.05, 0.1) is 0 Å². The molecule has 5 heteroatoms. The molecule has 0 aromatic carbocycles. The van der Waals surface area contributed by atoms with Crippen LogP contribution in [0.1, 0.15) is 105 Å². The number of fused-ring (bicyclic) bond motifs is 5. The third-order valence-electron chi connectivity index (χ3n) is 12.8. The summed E-state index contributed by atoms with van der Waals surface area (Å²) in [5, 5.41) is 3.04. The lowest BCUT2D eigenvalue weighted by Gasteiger charge is -2.58. The Morgan fingerprint density at radius 3 is 2.55 bits per heavy atom. The lowest BCUT2D eigenvalue weighted by Crippen LogP contribution is -2.51. The molecule has 0 aromatic heterocycles. The predicted molar refractivity (Wildman–Crippen MR) is 165 cm³/mol. The van der Waals surface area contributed by atoms with Crippen molar-refractivity contribution in [3.8, 4) is 0 Å². The van der Waals surface area contributed by atoms with E-state index < -0.39 is 0 Å². The predicted octanol–water partition coefficient (Wildman–Crippen LogP) is 7.37. The third-order valence-corrected chi connectivity index (χ3v) is 12.8. The van der Waals surface area contributed by atoms with Gasteiger partial charge in [-0.05, 0) is 98.3 Å². The monoisotopic (exact) mass is 555 g/mol. The van der Waals surface area contributed by atoms with Gasteiger partial charge in [-0.25, -0.2) is 4.79 Å². The number of hydrogen-bond donors (Lipinski definition) is 1. The first-order valence-electron chi connectivity index (χ1n) is 17.1. The lowest BCUT2D eigenvalue weighted by atomic mass is 9.47. The van der Waals surface area contributed by atoms with Crippen molar-refractivity contribution < 1.29 is 9.53 Å².